The molecule has 1 aromatic heterocycles. The molecule has 0 unspecified atom stereocenters. The summed E-state index contributed by atoms with van der Waals surface area (Å²) >= 11 is 5.81. The fourth-order valence-corrected chi connectivity index (χ4v) is 1.30. The molecule has 0 saturated heterocycles. The van der Waals surface area contributed by atoms with E-state index in [1.807, 2.05) is 0 Å². The number of hydrogen-bond acceptors (Lipinski definition) is 3. The van der Waals surface area contributed by atoms with Crippen molar-refractivity contribution in [3.63, 3.8) is 0 Å². The minimum atomic E-state index is 0.518. The van der Waals surface area contributed by atoms with Crippen molar-refractivity contribution in [3.05, 3.63) is 23.4 Å². The number of nitrogens with zero attached hydrogens (tertiary/aromatic N) is 1. The van der Waals surface area contributed by atoms with E-state index in [0.717, 1.165) is 19.0 Å². The minimum absolute atomic E-state index is 0.518. The van der Waals surface area contributed by atoms with Crippen LogP contribution in [0.4, 0.5) is 5.82 Å². The van der Waals surface area contributed by atoms with Gasteiger partial charge in [-0.05, 0) is 25.0 Å². The van der Waals surface area contributed by atoms with Crippen molar-refractivity contribution in [1.82, 2.24) is 4.98 Å². The molecule has 1 aromatic rings. The van der Waals surface area contributed by atoms with Gasteiger partial charge in [0, 0.05) is 17.8 Å². The molecule has 0 spiro atoms. The van der Waals surface area contributed by atoms with Crippen LogP contribution in [0.1, 0.15) is 12.8 Å². The van der Waals surface area contributed by atoms with Crippen molar-refractivity contribution in [1.29, 1.82) is 0 Å². The average Bonchev–Trinajstić information content (AvgIpc) is 2.96. The SMILES string of the molecule is Clc1ccnc(NCCOC2CC2)c1. The van der Waals surface area contributed by atoms with Crippen molar-refractivity contribution >= 4 is 17.4 Å². The zero-order valence-electron chi connectivity index (χ0n) is 7.87. The predicted octanol–water partition coefficient (Wildman–Crippen LogP) is 2.33. The molecule has 0 amide bonds. The lowest BCUT2D eigenvalue weighted by Crippen LogP contribution is -2.10. The number of ether oxygens (including phenoxy) is 1. The van der Waals surface area contributed by atoms with Gasteiger partial charge in [-0.3, -0.25) is 0 Å². The van der Waals surface area contributed by atoms with Crippen LogP contribution in [-0.2, 0) is 4.74 Å². The molecule has 1 aliphatic rings. The fourth-order valence-electron chi connectivity index (χ4n) is 1.14. The second kappa shape index (κ2) is 4.62. The number of anilines is 1. The second-order valence-corrected chi connectivity index (χ2v) is 3.79. The number of pyridine rings is 1. The third-order valence-electron chi connectivity index (χ3n) is 2.01. The van der Waals surface area contributed by atoms with Crippen LogP contribution >= 0.6 is 11.6 Å². The highest BCUT2D eigenvalue weighted by molar-refractivity contribution is 6.30. The summed E-state index contributed by atoms with van der Waals surface area (Å²) in [5.74, 6) is 0.803. The van der Waals surface area contributed by atoms with Crippen molar-refractivity contribution in [2.45, 2.75) is 18.9 Å². The van der Waals surface area contributed by atoms with Crippen molar-refractivity contribution < 1.29 is 4.74 Å². The average molecular weight is 213 g/mol. The van der Waals surface area contributed by atoms with Crippen LogP contribution in [0, 0.1) is 0 Å². The summed E-state index contributed by atoms with van der Waals surface area (Å²) in [6.45, 7) is 1.52. The van der Waals surface area contributed by atoms with Gasteiger partial charge in [-0.15, -0.1) is 0 Å². The maximum absolute atomic E-state index is 5.81. The molecule has 3 nitrogen and oxygen atoms in total. The van der Waals surface area contributed by atoms with Gasteiger partial charge in [0.2, 0.25) is 0 Å². The number of hydrogen-bond donors (Lipinski definition) is 1. The summed E-state index contributed by atoms with van der Waals surface area (Å²) in [6.07, 6.45) is 4.64. The van der Waals surface area contributed by atoms with Gasteiger partial charge in [0.05, 0.1) is 12.7 Å². The molecule has 1 aliphatic carbocycles. The van der Waals surface area contributed by atoms with Gasteiger partial charge < -0.3 is 10.1 Å². The Kier molecular flexibility index (Phi) is 3.22. The monoisotopic (exact) mass is 212 g/mol. The molecule has 2 rings (SSSR count). The zero-order valence-corrected chi connectivity index (χ0v) is 8.63. The molecule has 1 N–H and O–H groups in total. The Morgan fingerprint density at radius 2 is 2.43 bits per heavy atom. The van der Waals surface area contributed by atoms with Crippen LogP contribution in [0.25, 0.3) is 0 Å². The summed E-state index contributed by atoms with van der Waals surface area (Å²) in [5.41, 5.74) is 0. The van der Waals surface area contributed by atoms with E-state index in [9.17, 15) is 0 Å². The van der Waals surface area contributed by atoms with Crippen LogP contribution < -0.4 is 5.32 Å². The fraction of sp³-hybridized carbons (Fsp3) is 0.500. The van der Waals surface area contributed by atoms with E-state index in [0.29, 0.717) is 11.1 Å². The van der Waals surface area contributed by atoms with E-state index in [2.05, 4.69) is 10.3 Å². The smallest absolute Gasteiger partial charge is 0.127 e. The van der Waals surface area contributed by atoms with E-state index in [1.165, 1.54) is 12.8 Å². The molecule has 0 atom stereocenters. The normalized spacial score (nSPS) is 15.5. The lowest BCUT2D eigenvalue weighted by atomic mass is 10.4. The third-order valence-corrected chi connectivity index (χ3v) is 2.24. The molecule has 1 saturated carbocycles. The van der Waals surface area contributed by atoms with Crippen LogP contribution in [0.2, 0.25) is 5.02 Å². The van der Waals surface area contributed by atoms with Gasteiger partial charge >= 0.3 is 0 Å². The predicted molar refractivity (Wildman–Crippen MR) is 56.7 cm³/mol. The highest BCUT2D eigenvalue weighted by Gasteiger charge is 2.21. The van der Waals surface area contributed by atoms with E-state index in [-0.39, 0.29) is 0 Å². The zero-order chi connectivity index (χ0) is 9.80. The molecule has 0 aromatic carbocycles. The Morgan fingerprint density at radius 1 is 1.57 bits per heavy atom. The van der Waals surface area contributed by atoms with Crippen molar-refractivity contribution in [2.24, 2.45) is 0 Å². The highest BCUT2D eigenvalue weighted by Crippen LogP contribution is 2.22. The van der Waals surface area contributed by atoms with Gasteiger partial charge in [-0.1, -0.05) is 11.6 Å². The second-order valence-electron chi connectivity index (χ2n) is 3.36. The van der Waals surface area contributed by atoms with Gasteiger partial charge in [0.25, 0.3) is 0 Å². The van der Waals surface area contributed by atoms with Crippen LogP contribution in [0.5, 0.6) is 0 Å². The summed E-state index contributed by atoms with van der Waals surface area (Å²) in [7, 11) is 0. The Hall–Kier alpha value is -0.800. The maximum Gasteiger partial charge on any atom is 0.127 e. The summed E-state index contributed by atoms with van der Waals surface area (Å²) in [5, 5.41) is 3.85. The molecule has 4 heteroatoms. The van der Waals surface area contributed by atoms with Crippen LogP contribution in [0.15, 0.2) is 18.3 Å². The molecule has 0 aliphatic heterocycles. The molecule has 14 heavy (non-hydrogen) atoms. The summed E-state index contributed by atoms with van der Waals surface area (Å²) < 4.78 is 5.48. The van der Waals surface area contributed by atoms with Crippen molar-refractivity contribution in [3.8, 4) is 0 Å². The topological polar surface area (TPSA) is 34.2 Å². The van der Waals surface area contributed by atoms with E-state index in [1.54, 1.807) is 18.3 Å². The summed E-state index contributed by atoms with van der Waals surface area (Å²) in [6, 6.07) is 3.56. The Balaban J connectivity index is 1.68. The first-order valence-electron chi connectivity index (χ1n) is 4.81. The summed E-state index contributed by atoms with van der Waals surface area (Å²) in [4.78, 5) is 4.12. The van der Waals surface area contributed by atoms with Gasteiger partial charge in [0.1, 0.15) is 5.82 Å². The lowest BCUT2D eigenvalue weighted by molar-refractivity contribution is 0.129. The molecular weight excluding hydrogens is 200 g/mol. The van der Waals surface area contributed by atoms with E-state index < -0.39 is 0 Å². The molecule has 1 fully saturated rings. The lowest BCUT2D eigenvalue weighted by Gasteiger charge is -2.05. The number of nitrogens with one attached hydrogen (secondary N) is 1. The van der Waals surface area contributed by atoms with Crippen molar-refractivity contribution in [2.75, 3.05) is 18.5 Å². The number of halogens is 1. The van der Waals surface area contributed by atoms with Gasteiger partial charge in [0.15, 0.2) is 0 Å². The first-order valence-corrected chi connectivity index (χ1v) is 5.19. The first-order chi connectivity index (χ1) is 6.84. The molecule has 76 valence electrons. The van der Waals surface area contributed by atoms with E-state index >= 15 is 0 Å². The van der Waals surface area contributed by atoms with Gasteiger partial charge in [-0.25, -0.2) is 4.98 Å². The Labute approximate surface area is 88.4 Å². The first kappa shape index (κ1) is 9.74. The highest BCUT2D eigenvalue weighted by atomic mass is 35.5. The van der Waals surface area contributed by atoms with Gasteiger partial charge in [-0.2, -0.15) is 0 Å². The third kappa shape index (κ3) is 3.16. The molecule has 1 heterocycles. The van der Waals surface area contributed by atoms with E-state index in [4.69, 9.17) is 16.3 Å². The molecule has 0 radical (unpaired) electrons. The Bertz CT molecular complexity index is 302. The van der Waals surface area contributed by atoms with Crippen LogP contribution in [0.3, 0.4) is 0 Å². The van der Waals surface area contributed by atoms with Crippen LogP contribution in [-0.4, -0.2) is 24.2 Å². The standard InChI is InChI=1S/C10H13ClN2O/c11-8-3-4-12-10(7-8)13-5-6-14-9-1-2-9/h3-4,7,9H,1-2,5-6H2,(H,12,13). The largest absolute Gasteiger partial charge is 0.376 e. The Morgan fingerprint density at radius 3 is 3.14 bits per heavy atom. The molecule has 0 bridgehead atoms. The minimum Gasteiger partial charge on any atom is -0.376 e. The number of aromatic nitrogens is 1. The maximum atomic E-state index is 5.81. The number of rotatable bonds is 5. The quantitative estimate of drug-likeness (QED) is 0.761. The molecular formula is C10H13ClN2O.